The molecular formula is C31H19N3. The molecular weight excluding hydrogens is 414 g/mol. The van der Waals surface area contributed by atoms with E-state index in [1.54, 1.807) is 6.33 Å². The van der Waals surface area contributed by atoms with Gasteiger partial charge in [0.1, 0.15) is 6.33 Å². The lowest BCUT2D eigenvalue weighted by Crippen LogP contribution is -1.90. The summed E-state index contributed by atoms with van der Waals surface area (Å²) in [5.74, 6) is 0. The second-order valence-corrected chi connectivity index (χ2v) is 8.57. The highest BCUT2D eigenvalue weighted by atomic mass is 14.8. The van der Waals surface area contributed by atoms with E-state index in [0.29, 0.717) is 0 Å². The predicted molar refractivity (Wildman–Crippen MR) is 140 cm³/mol. The predicted octanol–water partition coefficient (Wildman–Crippen LogP) is 7.77. The Balaban J connectivity index is 1.46. The molecule has 0 aliphatic rings. The van der Waals surface area contributed by atoms with Crippen LogP contribution in [0.3, 0.4) is 0 Å². The molecule has 2 aromatic heterocycles. The van der Waals surface area contributed by atoms with E-state index in [0.717, 1.165) is 22.4 Å². The van der Waals surface area contributed by atoms with Crippen LogP contribution >= 0.6 is 0 Å². The first-order valence-corrected chi connectivity index (χ1v) is 11.3. The maximum Gasteiger partial charge on any atom is 0.115 e. The van der Waals surface area contributed by atoms with Crippen LogP contribution in [-0.4, -0.2) is 15.0 Å². The maximum absolute atomic E-state index is 4.48. The molecule has 7 rings (SSSR count). The van der Waals surface area contributed by atoms with Crippen LogP contribution in [0.5, 0.6) is 0 Å². The minimum absolute atomic E-state index is 0.988. The molecule has 3 heteroatoms. The highest BCUT2D eigenvalue weighted by Crippen LogP contribution is 2.42. The summed E-state index contributed by atoms with van der Waals surface area (Å²) in [5, 5.41) is 7.60. The largest absolute Gasteiger partial charge is 0.256 e. The summed E-state index contributed by atoms with van der Waals surface area (Å²) in [5.41, 5.74) is 6.74. The van der Waals surface area contributed by atoms with Crippen LogP contribution in [0.4, 0.5) is 0 Å². The summed E-state index contributed by atoms with van der Waals surface area (Å²) >= 11 is 0. The molecule has 0 atom stereocenters. The van der Waals surface area contributed by atoms with E-state index in [9.17, 15) is 0 Å². The van der Waals surface area contributed by atoms with E-state index in [1.165, 1.54) is 43.4 Å². The highest BCUT2D eigenvalue weighted by molar-refractivity contribution is 6.27. The Hall–Kier alpha value is -4.63. The molecule has 0 spiro atoms. The molecule has 0 amide bonds. The van der Waals surface area contributed by atoms with Crippen molar-refractivity contribution in [2.24, 2.45) is 0 Å². The summed E-state index contributed by atoms with van der Waals surface area (Å²) in [6.45, 7) is 0. The van der Waals surface area contributed by atoms with Gasteiger partial charge >= 0.3 is 0 Å². The average molecular weight is 434 g/mol. The summed E-state index contributed by atoms with van der Waals surface area (Å²) in [6.07, 6.45) is 7.17. The van der Waals surface area contributed by atoms with Gasteiger partial charge in [0.2, 0.25) is 0 Å². The van der Waals surface area contributed by atoms with Gasteiger partial charge in [-0.05, 0) is 61.1 Å². The highest BCUT2D eigenvalue weighted by Gasteiger charge is 2.15. The lowest BCUT2D eigenvalue weighted by Gasteiger charge is -2.16. The molecule has 158 valence electrons. The van der Waals surface area contributed by atoms with Gasteiger partial charge in [-0.3, -0.25) is 4.98 Å². The van der Waals surface area contributed by atoms with Gasteiger partial charge in [-0.15, -0.1) is 0 Å². The Labute approximate surface area is 196 Å². The molecule has 0 fully saturated rings. The third-order valence-electron chi connectivity index (χ3n) is 6.69. The van der Waals surface area contributed by atoms with Crippen molar-refractivity contribution in [1.82, 2.24) is 15.0 Å². The Morgan fingerprint density at radius 1 is 0.471 bits per heavy atom. The van der Waals surface area contributed by atoms with Crippen molar-refractivity contribution in [3.8, 4) is 33.5 Å². The summed E-state index contributed by atoms with van der Waals surface area (Å²) < 4.78 is 0. The molecule has 7 aromatic rings. The van der Waals surface area contributed by atoms with E-state index in [2.05, 4.69) is 87.7 Å². The zero-order valence-corrected chi connectivity index (χ0v) is 18.3. The van der Waals surface area contributed by atoms with Crippen molar-refractivity contribution in [3.63, 3.8) is 0 Å². The number of benzene rings is 5. The van der Waals surface area contributed by atoms with Crippen LogP contribution in [0.1, 0.15) is 0 Å². The fourth-order valence-corrected chi connectivity index (χ4v) is 5.10. The van der Waals surface area contributed by atoms with Crippen LogP contribution in [0.15, 0.2) is 116 Å². The van der Waals surface area contributed by atoms with Gasteiger partial charge in [0.25, 0.3) is 0 Å². The van der Waals surface area contributed by atoms with E-state index < -0.39 is 0 Å². The monoisotopic (exact) mass is 433 g/mol. The molecule has 0 N–H and O–H groups in total. The molecule has 0 aliphatic heterocycles. The molecule has 0 saturated carbocycles. The smallest absolute Gasteiger partial charge is 0.115 e. The first-order valence-electron chi connectivity index (χ1n) is 11.3. The van der Waals surface area contributed by atoms with Gasteiger partial charge in [-0.25, -0.2) is 9.97 Å². The fourth-order valence-electron chi connectivity index (χ4n) is 5.10. The van der Waals surface area contributed by atoms with E-state index in [-0.39, 0.29) is 0 Å². The minimum atomic E-state index is 0.988. The number of hydrogen-bond acceptors (Lipinski definition) is 3. The molecule has 0 radical (unpaired) electrons. The van der Waals surface area contributed by atoms with Crippen molar-refractivity contribution in [2.45, 2.75) is 0 Å². The molecule has 0 saturated heterocycles. The Kier molecular flexibility index (Phi) is 4.15. The fraction of sp³-hybridized carbons (Fsp3) is 0. The molecule has 34 heavy (non-hydrogen) atoms. The number of pyridine rings is 1. The van der Waals surface area contributed by atoms with Gasteiger partial charge < -0.3 is 0 Å². The van der Waals surface area contributed by atoms with Crippen LogP contribution in [0, 0.1) is 0 Å². The van der Waals surface area contributed by atoms with Crippen LogP contribution in [0.2, 0.25) is 0 Å². The number of rotatable bonds is 3. The zero-order valence-electron chi connectivity index (χ0n) is 18.3. The van der Waals surface area contributed by atoms with Crippen LogP contribution in [0.25, 0.3) is 65.8 Å². The molecule has 2 heterocycles. The zero-order chi connectivity index (χ0) is 22.5. The summed E-state index contributed by atoms with van der Waals surface area (Å²) in [6, 6.07) is 32.5. The van der Waals surface area contributed by atoms with E-state index in [4.69, 9.17) is 0 Å². The minimum Gasteiger partial charge on any atom is -0.256 e. The quantitative estimate of drug-likeness (QED) is 0.267. The van der Waals surface area contributed by atoms with Crippen LogP contribution < -0.4 is 0 Å². The number of nitrogens with zero attached hydrogens (tertiary/aromatic N) is 3. The SMILES string of the molecule is c1ccc(-c2ccc(-c3ccc4ccc5ccc(-c6cncnc6)c6ccc3c4c56)cc2)nc1. The summed E-state index contributed by atoms with van der Waals surface area (Å²) in [4.78, 5) is 13.0. The van der Waals surface area contributed by atoms with Crippen LogP contribution in [-0.2, 0) is 0 Å². The third-order valence-corrected chi connectivity index (χ3v) is 6.69. The average Bonchev–Trinajstić information content (AvgIpc) is 2.92. The maximum atomic E-state index is 4.48. The Morgan fingerprint density at radius 2 is 1.06 bits per heavy atom. The van der Waals surface area contributed by atoms with Gasteiger partial charge in [-0.2, -0.15) is 0 Å². The standard InChI is InChI=1S/C31H19N3/c1-2-16-34-29(3-1)21-6-4-20(5-7-21)25-12-10-22-8-9-23-11-13-26(24-17-32-19-33-18-24)28-15-14-27(25)30(22)31(23)28/h1-19H. The summed E-state index contributed by atoms with van der Waals surface area (Å²) in [7, 11) is 0. The first-order chi connectivity index (χ1) is 16.9. The number of hydrogen-bond donors (Lipinski definition) is 0. The van der Waals surface area contributed by atoms with E-state index >= 15 is 0 Å². The first kappa shape index (κ1) is 18.9. The van der Waals surface area contributed by atoms with Crippen molar-refractivity contribution in [1.29, 1.82) is 0 Å². The lowest BCUT2D eigenvalue weighted by molar-refractivity contribution is 1.17. The lowest BCUT2D eigenvalue weighted by atomic mass is 9.87. The van der Waals surface area contributed by atoms with Gasteiger partial charge in [0.05, 0.1) is 5.69 Å². The second kappa shape index (κ2) is 7.46. The van der Waals surface area contributed by atoms with Crippen molar-refractivity contribution < 1.29 is 0 Å². The molecule has 0 aliphatic carbocycles. The topological polar surface area (TPSA) is 38.7 Å². The van der Waals surface area contributed by atoms with Gasteiger partial charge in [0, 0.05) is 29.7 Å². The van der Waals surface area contributed by atoms with Crippen molar-refractivity contribution in [3.05, 3.63) is 116 Å². The van der Waals surface area contributed by atoms with Crippen molar-refractivity contribution >= 4 is 32.3 Å². The molecule has 3 nitrogen and oxygen atoms in total. The van der Waals surface area contributed by atoms with Gasteiger partial charge in [-0.1, -0.05) is 78.9 Å². The molecule has 0 bridgehead atoms. The Bertz CT molecular complexity index is 1770. The molecule has 5 aromatic carbocycles. The normalized spacial score (nSPS) is 11.5. The van der Waals surface area contributed by atoms with E-state index in [1.807, 2.05) is 36.8 Å². The number of aromatic nitrogens is 3. The van der Waals surface area contributed by atoms with Gasteiger partial charge in [0.15, 0.2) is 0 Å². The van der Waals surface area contributed by atoms with Crippen molar-refractivity contribution in [2.75, 3.05) is 0 Å². The molecule has 0 unspecified atom stereocenters. The third kappa shape index (κ3) is 2.87. The Morgan fingerprint density at radius 3 is 1.68 bits per heavy atom. The second-order valence-electron chi connectivity index (χ2n) is 8.57.